The predicted molar refractivity (Wildman–Crippen MR) is 189 cm³/mol. The Morgan fingerprint density at radius 2 is 1.07 bits per heavy atom. The van der Waals surface area contributed by atoms with Gasteiger partial charge in [0.25, 0.3) is 0 Å². The van der Waals surface area contributed by atoms with Crippen LogP contribution >= 0.6 is 0 Å². The number of piperazine rings is 1. The van der Waals surface area contributed by atoms with Crippen molar-refractivity contribution >= 4 is 22.7 Å². The summed E-state index contributed by atoms with van der Waals surface area (Å²) in [4.78, 5) is 10.5. The molecule has 44 heavy (non-hydrogen) atoms. The van der Waals surface area contributed by atoms with E-state index >= 15 is 0 Å². The molecule has 0 aromatic heterocycles. The number of hydrogen-bond donors (Lipinski definition) is 2. The summed E-state index contributed by atoms with van der Waals surface area (Å²) in [5.74, 6) is 0. The molecule has 1 saturated heterocycles. The molecular weight excluding hydrogens is 540 g/mol. The summed E-state index contributed by atoms with van der Waals surface area (Å²) in [5.41, 5.74) is 7.46. The van der Waals surface area contributed by atoms with Gasteiger partial charge in [0.1, 0.15) is 0 Å². The highest BCUT2D eigenvalue weighted by molar-refractivity contribution is 5.63. The fourth-order valence-electron chi connectivity index (χ4n) is 6.25. The lowest BCUT2D eigenvalue weighted by atomic mass is 10.0. The molecule has 2 N–H and O–H groups in total. The highest BCUT2D eigenvalue weighted by Gasteiger charge is 2.21. The smallest absolute Gasteiger partial charge is 0.0385 e. The average molecular weight is 593 g/mol. The number of nitrogens with one attached hydrogen (secondary N) is 2. The maximum absolute atomic E-state index is 3.58. The molecule has 1 heterocycles. The van der Waals surface area contributed by atoms with E-state index < -0.39 is 0 Å². The van der Waals surface area contributed by atoms with Crippen molar-refractivity contribution in [1.29, 1.82) is 0 Å². The third-order valence-corrected chi connectivity index (χ3v) is 8.86. The van der Waals surface area contributed by atoms with Crippen LogP contribution in [0.1, 0.15) is 40.5 Å². The first-order valence-corrected chi connectivity index (χ1v) is 16.6. The van der Waals surface area contributed by atoms with Crippen LogP contribution in [0.2, 0.25) is 0 Å². The SMILES string of the molecule is CC(C)N(CCN1CCN(CCN(c2ccc(Nc3ccccc3)cc2)C(C)C)CC1)C1=CC=C(Nc2ccccc2)CC1. The Morgan fingerprint density at radius 1 is 0.568 bits per heavy atom. The molecule has 1 fully saturated rings. The van der Waals surface area contributed by atoms with E-state index in [1.54, 1.807) is 0 Å². The second-order valence-corrected chi connectivity index (χ2v) is 12.6. The fraction of sp³-hybridized carbons (Fsp3) is 0.421. The average Bonchev–Trinajstić information content (AvgIpc) is 3.04. The van der Waals surface area contributed by atoms with E-state index in [4.69, 9.17) is 0 Å². The molecule has 6 heteroatoms. The van der Waals surface area contributed by atoms with Crippen molar-refractivity contribution in [2.75, 3.05) is 67.9 Å². The molecule has 0 unspecified atom stereocenters. The Hall–Kier alpha value is -3.74. The van der Waals surface area contributed by atoms with E-state index in [1.807, 2.05) is 6.07 Å². The summed E-state index contributed by atoms with van der Waals surface area (Å²) < 4.78 is 0. The molecule has 0 radical (unpaired) electrons. The largest absolute Gasteiger partial charge is 0.371 e. The van der Waals surface area contributed by atoms with Crippen LogP contribution in [0.25, 0.3) is 0 Å². The summed E-state index contributed by atoms with van der Waals surface area (Å²) in [6.07, 6.45) is 6.76. The topological polar surface area (TPSA) is 37.0 Å². The van der Waals surface area contributed by atoms with E-state index in [1.165, 1.54) is 17.1 Å². The van der Waals surface area contributed by atoms with Gasteiger partial charge in [-0.05, 0) is 101 Å². The first-order valence-electron chi connectivity index (χ1n) is 16.6. The second kappa shape index (κ2) is 15.8. The molecule has 1 aliphatic heterocycles. The second-order valence-electron chi connectivity index (χ2n) is 12.6. The Labute approximate surface area is 266 Å². The van der Waals surface area contributed by atoms with Crippen LogP contribution in [0.4, 0.5) is 22.7 Å². The first kappa shape index (κ1) is 31.7. The molecule has 0 saturated carbocycles. The van der Waals surface area contributed by atoms with Crippen molar-refractivity contribution in [3.05, 3.63) is 108 Å². The van der Waals surface area contributed by atoms with E-state index in [9.17, 15) is 0 Å². The van der Waals surface area contributed by atoms with Crippen molar-refractivity contribution < 1.29 is 0 Å². The summed E-state index contributed by atoms with van der Waals surface area (Å²) in [7, 11) is 0. The number of para-hydroxylation sites is 2. The van der Waals surface area contributed by atoms with Crippen molar-refractivity contribution in [3.8, 4) is 0 Å². The normalized spacial score (nSPS) is 16.0. The molecule has 0 bridgehead atoms. The van der Waals surface area contributed by atoms with Crippen LogP contribution in [-0.2, 0) is 0 Å². The fourth-order valence-corrected chi connectivity index (χ4v) is 6.25. The van der Waals surface area contributed by atoms with Gasteiger partial charge < -0.3 is 20.4 Å². The monoisotopic (exact) mass is 592 g/mol. The highest BCUT2D eigenvalue weighted by Crippen LogP contribution is 2.25. The predicted octanol–water partition coefficient (Wildman–Crippen LogP) is 7.65. The van der Waals surface area contributed by atoms with Crippen LogP contribution in [-0.4, -0.2) is 79.1 Å². The van der Waals surface area contributed by atoms with E-state index in [0.29, 0.717) is 12.1 Å². The Kier molecular flexibility index (Phi) is 11.4. The molecule has 3 aromatic carbocycles. The minimum Gasteiger partial charge on any atom is -0.371 e. The molecule has 0 amide bonds. The lowest BCUT2D eigenvalue weighted by molar-refractivity contribution is 0.120. The first-order chi connectivity index (χ1) is 21.4. The number of allylic oxidation sites excluding steroid dienone is 4. The zero-order valence-electron chi connectivity index (χ0n) is 27.3. The van der Waals surface area contributed by atoms with E-state index in [0.717, 1.165) is 82.3 Å². The van der Waals surface area contributed by atoms with E-state index in [2.05, 4.69) is 149 Å². The van der Waals surface area contributed by atoms with Crippen LogP contribution < -0.4 is 15.5 Å². The molecule has 2 aliphatic rings. The Morgan fingerprint density at radius 3 is 1.57 bits per heavy atom. The van der Waals surface area contributed by atoms with Gasteiger partial charge in [-0.1, -0.05) is 36.4 Å². The third kappa shape index (κ3) is 9.13. The van der Waals surface area contributed by atoms with E-state index in [-0.39, 0.29) is 0 Å². The molecular formula is C38H52N6. The zero-order valence-corrected chi connectivity index (χ0v) is 27.3. The van der Waals surface area contributed by atoms with Crippen LogP contribution in [0.3, 0.4) is 0 Å². The number of benzene rings is 3. The lowest BCUT2D eigenvalue weighted by Gasteiger charge is -2.39. The van der Waals surface area contributed by atoms with Gasteiger partial charge in [-0.15, -0.1) is 0 Å². The van der Waals surface area contributed by atoms with Crippen molar-refractivity contribution in [2.24, 2.45) is 0 Å². The van der Waals surface area contributed by atoms with Crippen LogP contribution in [0.15, 0.2) is 108 Å². The molecule has 0 atom stereocenters. The van der Waals surface area contributed by atoms with Gasteiger partial charge in [0.15, 0.2) is 0 Å². The van der Waals surface area contributed by atoms with Gasteiger partial charge in [0.05, 0.1) is 0 Å². The van der Waals surface area contributed by atoms with Gasteiger partial charge in [0, 0.05) is 98.6 Å². The van der Waals surface area contributed by atoms with Crippen molar-refractivity contribution in [3.63, 3.8) is 0 Å². The molecule has 3 aromatic rings. The number of anilines is 4. The lowest BCUT2D eigenvalue weighted by Crippen LogP contribution is -2.50. The summed E-state index contributed by atoms with van der Waals surface area (Å²) >= 11 is 0. The highest BCUT2D eigenvalue weighted by atomic mass is 15.3. The number of hydrogen-bond acceptors (Lipinski definition) is 6. The van der Waals surface area contributed by atoms with Gasteiger partial charge in [0.2, 0.25) is 0 Å². The van der Waals surface area contributed by atoms with Crippen LogP contribution in [0.5, 0.6) is 0 Å². The summed E-state index contributed by atoms with van der Waals surface area (Å²) in [6, 6.07) is 30.7. The molecule has 5 rings (SSSR count). The van der Waals surface area contributed by atoms with Gasteiger partial charge in [-0.3, -0.25) is 9.80 Å². The molecule has 1 aliphatic carbocycles. The molecule has 0 spiro atoms. The Balaban J connectivity index is 1.06. The number of rotatable bonds is 14. The minimum absolute atomic E-state index is 0.459. The maximum Gasteiger partial charge on any atom is 0.0385 e. The molecule has 6 nitrogen and oxygen atoms in total. The number of nitrogens with zero attached hydrogens (tertiary/aromatic N) is 4. The summed E-state index contributed by atoms with van der Waals surface area (Å²) in [5, 5.41) is 7.08. The standard InChI is InChI=1S/C38H52N6/c1-31(2)43(37-19-15-35(16-20-37)39-33-11-7-5-8-12-33)29-27-41-23-25-42(26-24-41)28-30-44(32(3)4)38-21-17-36(18-22-38)40-34-13-9-6-10-14-34/h5-17,19-21,31-32,39-40H,18,22-30H2,1-4H3. The third-order valence-electron chi connectivity index (χ3n) is 8.86. The minimum atomic E-state index is 0.459. The van der Waals surface area contributed by atoms with Gasteiger partial charge >= 0.3 is 0 Å². The molecule has 234 valence electrons. The zero-order chi connectivity index (χ0) is 30.7. The maximum atomic E-state index is 3.58. The van der Waals surface area contributed by atoms with Crippen molar-refractivity contribution in [1.82, 2.24) is 14.7 Å². The quantitative estimate of drug-likeness (QED) is 0.200. The van der Waals surface area contributed by atoms with Gasteiger partial charge in [-0.2, -0.15) is 0 Å². The van der Waals surface area contributed by atoms with Gasteiger partial charge in [-0.25, -0.2) is 0 Å². The summed E-state index contributed by atoms with van der Waals surface area (Å²) in [6.45, 7) is 18.2. The van der Waals surface area contributed by atoms with Crippen molar-refractivity contribution in [2.45, 2.75) is 52.6 Å². The Bertz CT molecular complexity index is 1320. The van der Waals surface area contributed by atoms with Crippen LogP contribution in [0, 0.1) is 0 Å².